The largest absolute Gasteiger partial charge is 0.388 e. The highest BCUT2D eigenvalue weighted by atomic mass is 32.2. The molecule has 0 radical (unpaired) electrons. The molecule has 1 aromatic rings. The molecule has 1 fully saturated rings. The first-order chi connectivity index (χ1) is 9.22. The van der Waals surface area contributed by atoms with Crippen LogP contribution < -0.4 is 5.32 Å². The zero-order valence-corrected chi connectivity index (χ0v) is 12.6. The standard InChI is InChI=1S/C16H25NOS/c1-2-6-15(11-14-7-4-3-5-8-14)17-12-16(18)9-10-19-13-16/h3-5,7-8,15,17-18H,2,6,9-13H2,1H3. The van der Waals surface area contributed by atoms with Crippen LogP contribution >= 0.6 is 11.8 Å². The molecule has 0 aromatic heterocycles. The minimum absolute atomic E-state index is 0.474. The molecule has 1 aliphatic heterocycles. The average molecular weight is 279 g/mol. The third-order valence-electron chi connectivity index (χ3n) is 3.76. The Morgan fingerprint density at radius 3 is 2.79 bits per heavy atom. The molecule has 2 unspecified atom stereocenters. The van der Waals surface area contributed by atoms with E-state index in [0.29, 0.717) is 6.04 Å². The molecule has 0 amide bonds. The Labute approximate surface area is 121 Å². The maximum Gasteiger partial charge on any atom is 0.0869 e. The summed E-state index contributed by atoms with van der Waals surface area (Å²) in [5, 5.41) is 14.0. The van der Waals surface area contributed by atoms with Crippen molar-refractivity contribution in [2.24, 2.45) is 0 Å². The molecule has 0 bridgehead atoms. The van der Waals surface area contributed by atoms with Crippen LogP contribution in [0.15, 0.2) is 30.3 Å². The number of aliphatic hydroxyl groups is 1. The fourth-order valence-electron chi connectivity index (χ4n) is 2.59. The van der Waals surface area contributed by atoms with Gasteiger partial charge in [0, 0.05) is 18.3 Å². The van der Waals surface area contributed by atoms with Crippen LogP contribution in [0.5, 0.6) is 0 Å². The van der Waals surface area contributed by atoms with Crippen molar-refractivity contribution >= 4 is 11.8 Å². The van der Waals surface area contributed by atoms with Gasteiger partial charge in [-0.2, -0.15) is 11.8 Å². The third kappa shape index (κ3) is 4.83. The van der Waals surface area contributed by atoms with Gasteiger partial charge in [-0.3, -0.25) is 0 Å². The SMILES string of the molecule is CCCC(Cc1ccccc1)NCC1(O)CCSC1. The Kier molecular flexibility index (Phi) is 5.74. The van der Waals surface area contributed by atoms with Crippen LogP contribution in [0.2, 0.25) is 0 Å². The number of thioether (sulfide) groups is 1. The summed E-state index contributed by atoms with van der Waals surface area (Å²) in [5.41, 5.74) is 0.897. The minimum atomic E-state index is -0.479. The summed E-state index contributed by atoms with van der Waals surface area (Å²) in [6, 6.07) is 11.1. The predicted molar refractivity (Wildman–Crippen MR) is 83.7 cm³/mol. The van der Waals surface area contributed by atoms with Gasteiger partial charge < -0.3 is 10.4 Å². The highest BCUT2D eigenvalue weighted by molar-refractivity contribution is 7.99. The average Bonchev–Trinajstić information content (AvgIpc) is 2.85. The van der Waals surface area contributed by atoms with Crippen LogP contribution in [0.4, 0.5) is 0 Å². The van der Waals surface area contributed by atoms with Crippen molar-refractivity contribution < 1.29 is 5.11 Å². The van der Waals surface area contributed by atoms with E-state index in [9.17, 15) is 5.11 Å². The lowest BCUT2D eigenvalue weighted by Gasteiger charge is -2.26. The van der Waals surface area contributed by atoms with E-state index in [4.69, 9.17) is 0 Å². The van der Waals surface area contributed by atoms with Crippen molar-refractivity contribution in [2.45, 2.75) is 44.2 Å². The lowest BCUT2D eigenvalue weighted by atomic mass is 9.99. The van der Waals surface area contributed by atoms with Gasteiger partial charge in [0.2, 0.25) is 0 Å². The Morgan fingerprint density at radius 2 is 2.16 bits per heavy atom. The fraction of sp³-hybridized carbons (Fsp3) is 0.625. The minimum Gasteiger partial charge on any atom is -0.388 e. The van der Waals surface area contributed by atoms with E-state index in [-0.39, 0.29) is 0 Å². The van der Waals surface area contributed by atoms with Crippen LogP contribution in [-0.2, 0) is 6.42 Å². The summed E-state index contributed by atoms with van der Waals surface area (Å²) < 4.78 is 0. The molecule has 0 spiro atoms. The Balaban J connectivity index is 1.85. The monoisotopic (exact) mass is 279 g/mol. The lowest BCUT2D eigenvalue weighted by Crippen LogP contribution is -2.45. The summed E-state index contributed by atoms with van der Waals surface area (Å²) in [5.74, 6) is 1.97. The lowest BCUT2D eigenvalue weighted by molar-refractivity contribution is 0.0641. The molecule has 2 atom stereocenters. The number of benzene rings is 1. The second-order valence-electron chi connectivity index (χ2n) is 5.58. The molecule has 1 saturated heterocycles. The molecule has 0 saturated carbocycles. The van der Waals surface area contributed by atoms with Gasteiger partial charge in [-0.15, -0.1) is 0 Å². The fourth-order valence-corrected chi connectivity index (χ4v) is 3.89. The van der Waals surface area contributed by atoms with Gasteiger partial charge >= 0.3 is 0 Å². The second-order valence-corrected chi connectivity index (χ2v) is 6.69. The van der Waals surface area contributed by atoms with E-state index in [0.717, 1.165) is 37.3 Å². The van der Waals surface area contributed by atoms with Crippen molar-refractivity contribution in [3.63, 3.8) is 0 Å². The van der Waals surface area contributed by atoms with E-state index in [1.807, 2.05) is 11.8 Å². The molecule has 1 heterocycles. The number of nitrogens with one attached hydrogen (secondary N) is 1. The van der Waals surface area contributed by atoms with Crippen LogP contribution in [-0.4, -0.2) is 34.8 Å². The van der Waals surface area contributed by atoms with E-state index in [2.05, 4.69) is 42.6 Å². The zero-order valence-electron chi connectivity index (χ0n) is 11.8. The number of hydrogen-bond donors (Lipinski definition) is 2. The van der Waals surface area contributed by atoms with Crippen molar-refractivity contribution in [1.82, 2.24) is 5.32 Å². The number of hydrogen-bond acceptors (Lipinski definition) is 3. The highest BCUT2D eigenvalue weighted by Gasteiger charge is 2.31. The predicted octanol–water partition coefficient (Wildman–Crippen LogP) is 2.86. The molecule has 0 aliphatic carbocycles. The first-order valence-corrected chi connectivity index (χ1v) is 8.45. The Hall–Kier alpha value is -0.510. The summed E-state index contributed by atoms with van der Waals surface area (Å²) >= 11 is 1.86. The zero-order chi connectivity index (χ0) is 13.6. The molecule has 2 nitrogen and oxygen atoms in total. The van der Waals surface area contributed by atoms with Crippen molar-refractivity contribution in [3.8, 4) is 0 Å². The topological polar surface area (TPSA) is 32.3 Å². The molecular formula is C16H25NOS. The Morgan fingerprint density at radius 1 is 1.37 bits per heavy atom. The summed E-state index contributed by atoms with van der Waals surface area (Å²) in [6.45, 7) is 2.96. The van der Waals surface area contributed by atoms with Gasteiger partial charge in [0.25, 0.3) is 0 Å². The van der Waals surface area contributed by atoms with Crippen molar-refractivity contribution in [3.05, 3.63) is 35.9 Å². The molecule has 3 heteroatoms. The van der Waals surface area contributed by atoms with E-state index >= 15 is 0 Å². The van der Waals surface area contributed by atoms with Gasteiger partial charge in [-0.05, 0) is 30.6 Å². The quantitative estimate of drug-likeness (QED) is 0.805. The van der Waals surface area contributed by atoms with Crippen LogP contribution in [0.1, 0.15) is 31.7 Å². The van der Waals surface area contributed by atoms with Gasteiger partial charge in [-0.25, -0.2) is 0 Å². The van der Waals surface area contributed by atoms with Crippen LogP contribution in [0.3, 0.4) is 0 Å². The van der Waals surface area contributed by atoms with Gasteiger partial charge in [0.1, 0.15) is 0 Å². The normalized spacial score (nSPS) is 24.5. The van der Waals surface area contributed by atoms with E-state index in [1.165, 1.54) is 12.0 Å². The molecule has 2 N–H and O–H groups in total. The molecule has 106 valence electrons. The Bertz CT molecular complexity index is 362. The van der Waals surface area contributed by atoms with Crippen LogP contribution in [0, 0.1) is 0 Å². The summed E-state index contributed by atoms with van der Waals surface area (Å²) in [7, 11) is 0. The molecule has 19 heavy (non-hydrogen) atoms. The maximum absolute atomic E-state index is 10.4. The molecule has 1 aromatic carbocycles. The smallest absolute Gasteiger partial charge is 0.0869 e. The second kappa shape index (κ2) is 7.32. The van der Waals surface area contributed by atoms with Gasteiger partial charge in [-0.1, -0.05) is 43.7 Å². The maximum atomic E-state index is 10.4. The molecule has 2 rings (SSSR count). The molecule has 1 aliphatic rings. The van der Waals surface area contributed by atoms with Crippen molar-refractivity contribution in [1.29, 1.82) is 0 Å². The third-order valence-corrected chi connectivity index (χ3v) is 5.00. The summed E-state index contributed by atoms with van der Waals surface area (Å²) in [4.78, 5) is 0. The van der Waals surface area contributed by atoms with Gasteiger partial charge in [0.15, 0.2) is 0 Å². The molecular weight excluding hydrogens is 254 g/mol. The number of rotatable bonds is 7. The first-order valence-electron chi connectivity index (χ1n) is 7.29. The van der Waals surface area contributed by atoms with E-state index < -0.39 is 5.60 Å². The summed E-state index contributed by atoms with van der Waals surface area (Å²) in [6.07, 6.45) is 4.32. The van der Waals surface area contributed by atoms with E-state index in [1.54, 1.807) is 0 Å². The van der Waals surface area contributed by atoms with Crippen molar-refractivity contribution in [2.75, 3.05) is 18.1 Å². The highest BCUT2D eigenvalue weighted by Crippen LogP contribution is 2.27. The first kappa shape index (κ1) is 14.9. The van der Waals surface area contributed by atoms with Gasteiger partial charge in [0.05, 0.1) is 5.60 Å². The van der Waals surface area contributed by atoms with Crippen LogP contribution in [0.25, 0.3) is 0 Å².